The van der Waals surface area contributed by atoms with Crippen LogP contribution in [0.25, 0.3) is 5.69 Å². The Morgan fingerprint density at radius 1 is 1.35 bits per heavy atom. The zero-order valence-corrected chi connectivity index (χ0v) is 11.2. The summed E-state index contributed by atoms with van der Waals surface area (Å²) >= 11 is 0. The third-order valence-corrected chi connectivity index (χ3v) is 3.35. The molecule has 1 aromatic heterocycles. The Morgan fingerprint density at radius 3 is 2.95 bits per heavy atom. The Kier molecular flexibility index (Phi) is 3.90. The Bertz CT molecular complexity index is 574. The first-order valence-corrected chi connectivity index (χ1v) is 6.79. The number of benzene rings is 1. The molecule has 1 unspecified atom stereocenters. The summed E-state index contributed by atoms with van der Waals surface area (Å²) < 4.78 is 7.26. The van der Waals surface area contributed by atoms with Crippen molar-refractivity contribution in [3.05, 3.63) is 48.3 Å². The van der Waals surface area contributed by atoms with E-state index in [1.165, 1.54) is 0 Å². The second kappa shape index (κ2) is 5.98. The van der Waals surface area contributed by atoms with Gasteiger partial charge in [0.15, 0.2) is 5.78 Å². The molecule has 0 spiro atoms. The van der Waals surface area contributed by atoms with E-state index in [0.29, 0.717) is 18.7 Å². The van der Waals surface area contributed by atoms with Crippen LogP contribution in [0.5, 0.6) is 0 Å². The standard InChI is InChI=1S/C15H17N3O2/c19-15(10-13-11-16-8-9-20-13)14-6-7-17-18(14)12-4-2-1-3-5-12/h1-7,13,16H,8-11H2. The van der Waals surface area contributed by atoms with Crippen LogP contribution >= 0.6 is 0 Å². The number of ether oxygens (including phenoxy) is 1. The number of ketones is 1. The smallest absolute Gasteiger partial charge is 0.183 e. The molecule has 0 amide bonds. The fourth-order valence-electron chi connectivity index (χ4n) is 2.35. The third kappa shape index (κ3) is 2.79. The molecule has 2 aromatic rings. The zero-order valence-electron chi connectivity index (χ0n) is 11.2. The van der Waals surface area contributed by atoms with E-state index < -0.39 is 0 Å². The fourth-order valence-corrected chi connectivity index (χ4v) is 2.35. The van der Waals surface area contributed by atoms with Gasteiger partial charge < -0.3 is 10.1 Å². The molecular weight excluding hydrogens is 254 g/mol. The SMILES string of the molecule is O=C(CC1CNCCO1)c1ccnn1-c1ccccc1. The van der Waals surface area contributed by atoms with Crippen LogP contribution in [-0.2, 0) is 4.74 Å². The Labute approximate surface area is 117 Å². The second-order valence-electron chi connectivity index (χ2n) is 4.79. The van der Waals surface area contributed by atoms with Crippen molar-refractivity contribution in [3.8, 4) is 5.69 Å². The summed E-state index contributed by atoms with van der Waals surface area (Å²) in [6.07, 6.45) is 1.99. The highest BCUT2D eigenvalue weighted by Crippen LogP contribution is 2.14. The molecule has 0 saturated carbocycles. The van der Waals surface area contributed by atoms with Crippen LogP contribution in [0.15, 0.2) is 42.6 Å². The molecule has 2 heterocycles. The molecule has 1 fully saturated rings. The van der Waals surface area contributed by atoms with Gasteiger partial charge in [0, 0.05) is 19.5 Å². The first-order chi connectivity index (χ1) is 9.84. The number of Topliss-reactive ketones (excluding diaryl/α,β-unsaturated/α-hetero) is 1. The summed E-state index contributed by atoms with van der Waals surface area (Å²) in [7, 11) is 0. The lowest BCUT2D eigenvalue weighted by Gasteiger charge is -2.23. The van der Waals surface area contributed by atoms with Gasteiger partial charge in [0.05, 0.1) is 24.6 Å². The summed E-state index contributed by atoms with van der Waals surface area (Å²) in [5, 5.41) is 7.47. The third-order valence-electron chi connectivity index (χ3n) is 3.35. The van der Waals surface area contributed by atoms with E-state index in [2.05, 4.69) is 10.4 Å². The van der Waals surface area contributed by atoms with Crippen molar-refractivity contribution in [2.75, 3.05) is 19.7 Å². The van der Waals surface area contributed by atoms with E-state index >= 15 is 0 Å². The molecule has 0 aliphatic carbocycles. The summed E-state index contributed by atoms with van der Waals surface area (Å²) in [5.74, 6) is 0.0556. The minimum absolute atomic E-state index is 0.0460. The quantitative estimate of drug-likeness (QED) is 0.855. The van der Waals surface area contributed by atoms with Crippen LogP contribution in [0.1, 0.15) is 16.9 Å². The van der Waals surface area contributed by atoms with Gasteiger partial charge in [0.25, 0.3) is 0 Å². The molecule has 1 aliphatic heterocycles. The van der Waals surface area contributed by atoms with Crippen molar-refractivity contribution in [2.45, 2.75) is 12.5 Å². The minimum Gasteiger partial charge on any atom is -0.375 e. The van der Waals surface area contributed by atoms with Crippen molar-refractivity contribution in [1.29, 1.82) is 0 Å². The van der Waals surface area contributed by atoms with E-state index in [4.69, 9.17) is 4.74 Å². The number of aromatic nitrogens is 2. The number of nitrogens with one attached hydrogen (secondary N) is 1. The molecule has 5 heteroatoms. The molecule has 3 rings (SSSR count). The molecule has 1 saturated heterocycles. The largest absolute Gasteiger partial charge is 0.375 e. The van der Waals surface area contributed by atoms with Crippen molar-refractivity contribution in [2.24, 2.45) is 0 Å². The lowest BCUT2D eigenvalue weighted by molar-refractivity contribution is 0.0238. The Hall–Kier alpha value is -1.98. The zero-order chi connectivity index (χ0) is 13.8. The second-order valence-corrected chi connectivity index (χ2v) is 4.79. The lowest BCUT2D eigenvalue weighted by Crippen LogP contribution is -2.39. The molecular formula is C15H17N3O2. The topological polar surface area (TPSA) is 56.1 Å². The van der Waals surface area contributed by atoms with E-state index in [-0.39, 0.29) is 11.9 Å². The van der Waals surface area contributed by atoms with Crippen molar-refractivity contribution in [3.63, 3.8) is 0 Å². The maximum atomic E-state index is 12.4. The number of carbonyl (C=O) groups excluding carboxylic acids is 1. The highest BCUT2D eigenvalue weighted by Gasteiger charge is 2.21. The number of hydrogen-bond acceptors (Lipinski definition) is 4. The molecule has 5 nitrogen and oxygen atoms in total. The molecule has 1 aromatic carbocycles. The molecule has 0 radical (unpaired) electrons. The van der Waals surface area contributed by atoms with Gasteiger partial charge >= 0.3 is 0 Å². The van der Waals surface area contributed by atoms with Gasteiger partial charge in [0.1, 0.15) is 5.69 Å². The van der Waals surface area contributed by atoms with Gasteiger partial charge in [-0.05, 0) is 18.2 Å². The van der Waals surface area contributed by atoms with E-state index in [1.807, 2.05) is 30.3 Å². The van der Waals surface area contributed by atoms with Gasteiger partial charge in [-0.25, -0.2) is 4.68 Å². The lowest BCUT2D eigenvalue weighted by atomic mass is 10.1. The molecule has 1 N–H and O–H groups in total. The molecule has 1 aliphatic rings. The molecule has 20 heavy (non-hydrogen) atoms. The average Bonchev–Trinajstić information content (AvgIpc) is 2.99. The van der Waals surface area contributed by atoms with Crippen LogP contribution < -0.4 is 5.32 Å². The van der Waals surface area contributed by atoms with Crippen LogP contribution in [0.4, 0.5) is 0 Å². The van der Waals surface area contributed by atoms with Gasteiger partial charge in [0.2, 0.25) is 0 Å². The normalized spacial score (nSPS) is 18.9. The first kappa shape index (κ1) is 13.0. The number of rotatable bonds is 4. The number of nitrogens with zero attached hydrogens (tertiary/aromatic N) is 2. The van der Waals surface area contributed by atoms with Crippen LogP contribution in [0.2, 0.25) is 0 Å². The predicted octanol–water partition coefficient (Wildman–Crippen LogP) is 1.43. The maximum Gasteiger partial charge on any atom is 0.183 e. The molecule has 104 valence electrons. The Balaban J connectivity index is 1.77. The summed E-state index contributed by atoms with van der Waals surface area (Å²) in [6.45, 7) is 2.24. The van der Waals surface area contributed by atoms with Gasteiger partial charge in [-0.15, -0.1) is 0 Å². The van der Waals surface area contributed by atoms with Crippen molar-refractivity contribution in [1.82, 2.24) is 15.1 Å². The molecule has 1 atom stereocenters. The highest BCUT2D eigenvalue weighted by atomic mass is 16.5. The number of hydrogen-bond donors (Lipinski definition) is 1. The van der Waals surface area contributed by atoms with Crippen molar-refractivity contribution >= 4 is 5.78 Å². The monoisotopic (exact) mass is 271 g/mol. The van der Waals surface area contributed by atoms with Crippen LogP contribution in [0.3, 0.4) is 0 Å². The minimum atomic E-state index is -0.0460. The van der Waals surface area contributed by atoms with Gasteiger partial charge in [-0.2, -0.15) is 5.10 Å². The van der Waals surface area contributed by atoms with Gasteiger partial charge in [-0.3, -0.25) is 4.79 Å². The van der Waals surface area contributed by atoms with Crippen molar-refractivity contribution < 1.29 is 9.53 Å². The number of para-hydroxylation sites is 1. The number of carbonyl (C=O) groups is 1. The van der Waals surface area contributed by atoms with Gasteiger partial charge in [-0.1, -0.05) is 18.2 Å². The first-order valence-electron chi connectivity index (χ1n) is 6.79. The fraction of sp³-hybridized carbons (Fsp3) is 0.333. The summed E-state index contributed by atoms with van der Waals surface area (Å²) in [6, 6.07) is 11.4. The Morgan fingerprint density at radius 2 is 2.20 bits per heavy atom. The number of morpholine rings is 1. The molecule has 0 bridgehead atoms. The summed E-state index contributed by atoms with van der Waals surface area (Å²) in [5.41, 5.74) is 1.49. The van der Waals surface area contributed by atoms with Crippen LogP contribution in [-0.4, -0.2) is 41.4 Å². The predicted molar refractivity (Wildman–Crippen MR) is 75.1 cm³/mol. The van der Waals surface area contributed by atoms with E-state index in [9.17, 15) is 4.79 Å². The highest BCUT2D eigenvalue weighted by molar-refractivity contribution is 5.95. The average molecular weight is 271 g/mol. The van der Waals surface area contributed by atoms with E-state index in [1.54, 1.807) is 16.9 Å². The van der Waals surface area contributed by atoms with E-state index in [0.717, 1.165) is 18.8 Å². The summed E-state index contributed by atoms with van der Waals surface area (Å²) in [4.78, 5) is 12.4. The van der Waals surface area contributed by atoms with Crippen LogP contribution in [0, 0.1) is 0 Å². The maximum absolute atomic E-state index is 12.4.